The molecule has 0 spiro atoms. The summed E-state index contributed by atoms with van der Waals surface area (Å²) in [7, 11) is 1.51. The molecule has 10 heteroatoms. The fraction of sp³-hybridized carbons (Fsp3) is 0.976. The van der Waals surface area contributed by atoms with Crippen LogP contribution in [-0.2, 0) is 32.7 Å². The standard InChI is InChI=1S/C82H164NO8P/c1-6-8-10-12-14-16-18-20-22-24-26-28-30-32-34-36-38-40-41-43-45-47-49-51-53-55-57-59-61-63-65-67-69-71-73-75-82(85)91-80(79-90-92(86,87)89-77-76-83(3,4)5)78-88-81(84)74-72-70-68-66-64-62-60-58-56-54-52-50-48-46-44-42-39-37-35-33-31-29-27-25-23-21-19-17-15-13-11-9-7-2/h80H,6-79H2,1-5H3/p+1. The minimum atomic E-state index is -4.39. The van der Waals surface area contributed by atoms with Gasteiger partial charge in [0.15, 0.2) is 6.10 Å². The second-order valence-corrected chi connectivity index (χ2v) is 31.7. The maximum Gasteiger partial charge on any atom is 0.472 e. The summed E-state index contributed by atoms with van der Waals surface area (Å²) in [5, 5.41) is 0. The van der Waals surface area contributed by atoms with Crippen molar-refractivity contribution in [3.8, 4) is 0 Å². The molecular weight excluding hydrogens is 1160 g/mol. The second kappa shape index (κ2) is 74.2. The van der Waals surface area contributed by atoms with Crippen molar-refractivity contribution in [2.24, 2.45) is 0 Å². The van der Waals surface area contributed by atoms with E-state index in [1.54, 1.807) is 0 Å². The summed E-state index contributed by atoms with van der Waals surface area (Å²) in [6.07, 6.45) is 92.8. The third kappa shape index (κ3) is 78.0. The summed E-state index contributed by atoms with van der Waals surface area (Å²) in [6.45, 7) is 4.55. The van der Waals surface area contributed by atoms with E-state index in [-0.39, 0.29) is 25.6 Å². The summed E-state index contributed by atoms with van der Waals surface area (Å²) in [4.78, 5) is 36.0. The van der Waals surface area contributed by atoms with Crippen molar-refractivity contribution in [3.63, 3.8) is 0 Å². The van der Waals surface area contributed by atoms with Crippen molar-refractivity contribution in [2.45, 2.75) is 469 Å². The van der Waals surface area contributed by atoms with Crippen molar-refractivity contribution < 1.29 is 42.1 Å². The van der Waals surface area contributed by atoms with E-state index in [0.29, 0.717) is 17.4 Å². The van der Waals surface area contributed by atoms with Crippen molar-refractivity contribution >= 4 is 19.8 Å². The van der Waals surface area contributed by atoms with Crippen LogP contribution in [-0.4, -0.2) is 74.9 Å². The van der Waals surface area contributed by atoms with Gasteiger partial charge in [0, 0.05) is 12.8 Å². The molecule has 0 radical (unpaired) electrons. The normalized spacial score (nSPS) is 12.9. The summed E-state index contributed by atoms with van der Waals surface area (Å²) in [5.74, 6) is -0.763. The van der Waals surface area contributed by atoms with Gasteiger partial charge in [-0.15, -0.1) is 0 Å². The Morgan fingerprint density at radius 1 is 0.293 bits per heavy atom. The van der Waals surface area contributed by atoms with Crippen molar-refractivity contribution in [1.29, 1.82) is 0 Å². The van der Waals surface area contributed by atoms with E-state index in [0.717, 1.165) is 38.5 Å². The van der Waals surface area contributed by atoms with Crippen LogP contribution in [0.4, 0.5) is 0 Å². The Hall–Kier alpha value is -0.990. The van der Waals surface area contributed by atoms with Gasteiger partial charge in [-0.1, -0.05) is 438 Å². The zero-order valence-corrected chi connectivity index (χ0v) is 64.0. The molecule has 0 saturated carbocycles. The summed E-state index contributed by atoms with van der Waals surface area (Å²) in [6, 6.07) is 0. The lowest BCUT2D eigenvalue weighted by molar-refractivity contribution is -0.870. The Morgan fingerprint density at radius 3 is 0.696 bits per heavy atom. The van der Waals surface area contributed by atoms with E-state index >= 15 is 0 Å². The molecule has 0 aromatic heterocycles. The van der Waals surface area contributed by atoms with Crippen LogP contribution < -0.4 is 0 Å². The fourth-order valence-corrected chi connectivity index (χ4v) is 14.0. The first-order valence-electron chi connectivity index (χ1n) is 41.8. The topological polar surface area (TPSA) is 108 Å². The maximum atomic E-state index is 12.9. The van der Waals surface area contributed by atoms with Gasteiger partial charge in [0.2, 0.25) is 0 Å². The monoisotopic (exact) mass is 1320 g/mol. The average Bonchev–Trinajstić information content (AvgIpc) is 2.14. The number of rotatable bonds is 80. The van der Waals surface area contributed by atoms with E-state index in [1.165, 1.54) is 398 Å². The fourth-order valence-electron chi connectivity index (χ4n) is 13.3. The molecule has 92 heavy (non-hydrogen) atoms. The number of hydrogen-bond donors (Lipinski definition) is 1. The molecule has 0 aliphatic rings. The highest BCUT2D eigenvalue weighted by Crippen LogP contribution is 2.43. The Morgan fingerprint density at radius 2 is 0.489 bits per heavy atom. The number of esters is 2. The zero-order chi connectivity index (χ0) is 66.9. The number of phosphoric ester groups is 1. The molecule has 0 heterocycles. The molecule has 0 rings (SSSR count). The first kappa shape index (κ1) is 91.0. The van der Waals surface area contributed by atoms with Gasteiger partial charge in [-0.05, 0) is 12.8 Å². The number of likely N-dealkylation sites (N-methyl/N-ethyl adjacent to an activating group) is 1. The first-order chi connectivity index (χ1) is 45.0. The van der Waals surface area contributed by atoms with Gasteiger partial charge in [0.1, 0.15) is 19.8 Å². The number of phosphoric acid groups is 1. The molecule has 550 valence electrons. The van der Waals surface area contributed by atoms with E-state index < -0.39 is 26.5 Å². The first-order valence-corrected chi connectivity index (χ1v) is 43.3. The van der Waals surface area contributed by atoms with Gasteiger partial charge in [-0.25, -0.2) is 4.57 Å². The van der Waals surface area contributed by atoms with Gasteiger partial charge in [0.25, 0.3) is 0 Å². The van der Waals surface area contributed by atoms with Crippen LogP contribution in [0.15, 0.2) is 0 Å². The second-order valence-electron chi connectivity index (χ2n) is 30.2. The van der Waals surface area contributed by atoms with E-state index in [1.807, 2.05) is 21.1 Å². The number of unbranched alkanes of at least 4 members (excludes halogenated alkanes) is 66. The highest BCUT2D eigenvalue weighted by atomic mass is 31.2. The number of nitrogens with zero attached hydrogens (tertiary/aromatic N) is 1. The van der Waals surface area contributed by atoms with Crippen molar-refractivity contribution in [1.82, 2.24) is 0 Å². The highest BCUT2D eigenvalue weighted by Gasteiger charge is 2.27. The lowest BCUT2D eigenvalue weighted by atomic mass is 10.0. The number of carbonyl (C=O) groups excluding carboxylic acids is 2. The molecule has 2 atom stereocenters. The molecule has 0 aliphatic carbocycles. The molecule has 0 aliphatic heterocycles. The minimum absolute atomic E-state index is 0.0379. The Labute approximate surface area is 575 Å². The molecule has 0 fully saturated rings. The molecule has 0 aromatic carbocycles. The Kier molecular flexibility index (Phi) is 73.4. The molecular formula is C82H165NO8P+. The van der Waals surface area contributed by atoms with Gasteiger partial charge in [-0.3, -0.25) is 18.6 Å². The third-order valence-electron chi connectivity index (χ3n) is 19.6. The van der Waals surface area contributed by atoms with Gasteiger partial charge in [-0.2, -0.15) is 0 Å². The average molecular weight is 1320 g/mol. The quantitative estimate of drug-likeness (QED) is 0.0278. The third-order valence-corrected chi connectivity index (χ3v) is 20.6. The number of quaternary nitrogens is 1. The minimum Gasteiger partial charge on any atom is -0.462 e. The number of ether oxygens (including phenoxy) is 2. The van der Waals surface area contributed by atoms with E-state index in [9.17, 15) is 19.0 Å². The van der Waals surface area contributed by atoms with Crippen LogP contribution in [0.3, 0.4) is 0 Å². The van der Waals surface area contributed by atoms with Crippen LogP contribution in [0.1, 0.15) is 463 Å². The number of hydrogen-bond acceptors (Lipinski definition) is 7. The molecule has 1 N–H and O–H groups in total. The Balaban J connectivity index is 3.86. The van der Waals surface area contributed by atoms with Gasteiger partial charge in [0.05, 0.1) is 27.7 Å². The van der Waals surface area contributed by atoms with Gasteiger partial charge >= 0.3 is 19.8 Å². The maximum absolute atomic E-state index is 12.9. The lowest BCUT2D eigenvalue weighted by Gasteiger charge is -2.24. The summed E-state index contributed by atoms with van der Waals surface area (Å²) in [5.41, 5.74) is 0. The van der Waals surface area contributed by atoms with Gasteiger partial charge < -0.3 is 18.9 Å². The number of carbonyl (C=O) groups is 2. The summed E-state index contributed by atoms with van der Waals surface area (Å²) < 4.78 is 34.9. The summed E-state index contributed by atoms with van der Waals surface area (Å²) >= 11 is 0. The van der Waals surface area contributed by atoms with Crippen molar-refractivity contribution in [2.75, 3.05) is 47.5 Å². The van der Waals surface area contributed by atoms with Crippen LogP contribution in [0.5, 0.6) is 0 Å². The lowest BCUT2D eigenvalue weighted by Crippen LogP contribution is -2.37. The largest absolute Gasteiger partial charge is 0.472 e. The smallest absolute Gasteiger partial charge is 0.462 e. The van der Waals surface area contributed by atoms with Crippen molar-refractivity contribution in [3.05, 3.63) is 0 Å². The zero-order valence-electron chi connectivity index (χ0n) is 63.1. The molecule has 0 aromatic rings. The van der Waals surface area contributed by atoms with Crippen LogP contribution in [0, 0.1) is 0 Å². The molecule has 9 nitrogen and oxygen atoms in total. The molecule has 0 saturated heterocycles. The Bertz CT molecular complexity index is 1510. The van der Waals surface area contributed by atoms with Crippen LogP contribution in [0.25, 0.3) is 0 Å². The molecule has 0 amide bonds. The predicted molar refractivity (Wildman–Crippen MR) is 400 cm³/mol. The van der Waals surface area contributed by atoms with E-state index in [4.69, 9.17) is 18.5 Å². The van der Waals surface area contributed by atoms with E-state index in [2.05, 4.69) is 13.8 Å². The van der Waals surface area contributed by atoms with Crippen LogP contribution >= 0.6 is 7.82 Å². The van der Waals surface area contributed by atoms with Crippen LogP contribution in [0.2, 0.25) is 0 Å². The molecule has 0 bridgehead atoms. The SMILES string of the molecule is CCCCCCCCCCCCCCCCCCCCCCCCCCCCCCCCCCCCCC(=O)OC(COC(=O)CCCCCCCCCCCCCCCCCCCCCCCCCCCCCCCCCCC)COP(=O)(O)OCC[N+](C)(C)C. The predicted octanol–water partition coefficient (Wildman–Crippen LogP) is 27.6. The highest BCUT2D eigenvalue weighted by molar-refractivity contribution is 7.47. The molecule has 2 unspecified atom stereocenters.